The highest BCUT2D eigenvalue weighted by atomic mass is 35.5. The first-order chi connectivity index (χ1) is 9.20. The van der Waals surface area contributed by atoms with Crippen molar-refractivity contribution in [3.63, 3.8) is 0 Å². The second-order valence-electron chi connectivity index (χ2n) is 4.86. The van der Waals surface area contributed by atoms with Crippen molar-refractivity contribution in [1.29, 1.82) is 0 Å². The van der Waals surface area contributed by atoms with Gasteiger partial charge in [-0.05, 0) is 24.5 Å². The number of carbonyl (C=O) groups is 1. The Morgan fingerprint density at radius 1 is 1.47 bits per heavy atom. The Morgan fingerprint density at radius 3 is 2.95 bits per heavy atom. The Kier molecular flexibility index (Phi) is 5.05. The summed E-state index contributed by atoms with van der Waals surface area (Å²) in [6.07, 6.45) is 1.61. The molecule has 1 unspecified atom stereocenters. The van der Waals surface area contributed by atoms with Crippen molar-refractivity contribution in [2.45, 2.75) is 12.8 Å². The number of nitrogens with zero attached hydrogens (tertiary/aromatic N) is 1. The Bertz CT molecular complexity index is 439. The van der Waals surface area contributed by atoms with Crippen LogP contribution in [0.1, 0.15) is 12.0 Å². The molecule has 0 aliphatic carbocycles. The zero-order valence-corrected chi connectivity index (χ0v) is 11.6. The van der Waals surface area contributed by atoms with Gasteiger partial charge in [-0.15, -0.1) is 0 Å². The van der Waals surface area contributed by atoms with E-state index in [1.165, 1.54) is 0 Å². The van der Waals surface area contributed by atoms with Crippen LogP contribution in [0.2, 0.25) is 5.02 Å². The van der Waals surface area contributed by atoms with Crippen molar-refractivity contribution in [3.8, 4) is 0 Å². The van der Waals surface area contributed by atoms with E-state index in [9.17, 15) is 4.79 Å². The minimum absolute atomic E-state index is 0.0528. The summed E-state index contributed by atoms with van der Waals surface area (Å²) in [6.45, 7) is 2.10. The van der Waals surface area contributed by atoms with Gasteiger partial charge in [0.05, 0.1) is 0 Å². The Balaban J connectivity index is 1.74. The summed E-state index contributed by atoms with van der Waals surface area (Å²) in [5, 5.41) is 12.7. The third-order valence-corrected chi connectivity index (χ3v) is 3.83. The van der Waals surface area contributed by atoms with Crippen molar-refractivity contribution in [3.05, 3.63) is 34.9 Å². The van der Waals surface area contributed by atoms with E-state index in [-0.39, 0.29) is 18.6 Å². The van der Waals surface area contributed by atoms with Gasteiger partial charge in [0, 0.05) is 37.2 Å². The number of aliphatic hydroxyl groups is 1. The maximum absolute atomic E-state index is 11.9. The van der Waals surface area contributed by atoms with E-state index in [2.05, 4.69) is 5.32 Å². The SMILES string of the molecule is O=C(NCCc1ccccc1Cl)N1CCC(CO)C1. The minimum Gasteiger partial charge on any atom is -0.396 e. The van der Waals surface area contributed by atoms with Crippen LogP contribution in [0.4, 0.5) is 4.79 Å². The standard InChI is InChI=1S/C14H19ClN2O2/c15-13-4-2-1-3-12(13)5-7-16-14(19)17-8-6-11(9-17)10-18/h1-4,11,18H,5-10H2,(H,16,19). The molecule has 1 aliphatic heterocycles. The van der Waals surface area contributed by atoms with E-state index >= 15 is 0 Å². The number of benzene rings is 1. The molecule has 0 aromatic heterocycles. The third-order valence-electron chi connectivity index (χ3n) is 3.46. The average molecular weight is 283 g/mol. The summed E-state index contributed by atoms with van der Waals surface area (Å²) in [4.78, 5) is 13.6. The first-order valence-electron chi connectivity index (χ1n) is 6.57. The van der Waals surface area contributed by atoms with Crippen molar-refractivity contribution in [2.24, 2.45) is 5.92 Å². The number of halogens is 1. The topological polar surface area (TPSA) is 52.6 Å². The van der Waals surface area contributed by atoms with Crippen LogP contribution < -0.4 is 5.32 Å². The van der Waals surface area contributed by atoms with Gasteiger partial charge in [-0.25, -0.2) is 4.79 Å². The summed E-state index contributed by atoms with van der Waals surface area (Å²) in [5.74, 6) is 0.231. The molecule has 2 N–H and O–H groups in total. The monoisotopic (exact) mass is 282 g/mol. The molecule has 1 atom stereocenters. The van der Waals surface area contributed by atoms with Crippen molar-refractivity contribution in [2.75, 3.05) is 26.2 Å². The molecule has 1 aliphatic rings. The molecule has 0 radical (unpaired) electrons. The zero-order valence-electron chi connectivity index (χ0n) is 10.8. The molecule has 2 amide bonds. The lowest BCUT2D eigenvalue weighted by Crippen LogP contribution is -2.39. The molecule has 0 spiro atoms. The molecule has 19 heavy (non-hydrogen) atoms. The fraction of sp³-hybridized carbons (Fsp3) is 0.500. The number of carbonyl (C=O) groups excluding carboxylic acids is 1. The fourth-order valence-electron chi connectivity index (χ4n) is 2.28. The molecule has 4 nitrogen and oxygen atoms in total. The van der Waals surface area contributed by atoms with Gasteiger partial charge in [-0.3, -0.25) is 0 Å². The number of rotatable bonds is 4. The van der Waals surface area contributed by atoms with Gasteiger partial charge in [-0.2, -0.15) is 0 Å². The van der Waals surface area contributed by atoms with Crippen LogP contribution >= 0.6 is 11.6 Å². The molecule has 1 aromatic rings. The van der Waals surface area contributed by atoms with E-state index in [4.69, 9.17) is 16.7 Å². The number of nitrogens with one attached hydrogen (secondary N) is 1. The van der Waals surface area contributed by atoms with Crippen LogP contribution in [0.15, 0.2) is 24.3 Å². The quantitative estimate of drug-likeness (QED) is 0.886. The fourth-order valence-corrected chi connectivity index (χ4v) is 2.51. The number of aliphatic hydroxyl groups excluding tert-OH is 1. The average Bonchev–Trinajstić information content (AvgIpc) is 2.90. The lowest BCUT2D eigenvalue weighted by molar-refractivity contribution is 0.198. The summed E-state index contributed by atoms with van der Waals surface area (Å²) in [7, 11) is 0. The van der Waals surface area contributed by atoms with Crippen LogP contribution in [-0.4, -0.2) is 42.3 Å². The highest BCUT2D eigenvalue weighted by molar-refractivity contribution is 6.31. The van der Waals surface area contributed by atoms with E-state index in [0.717, 1.165) is 30.0 Å². The van der Waals surface area contributed by atoms with Crippen molar-refractivity contribution in [1.82, 2.24) is 10.2 Å². The van der Waals surface area contributed by atoms with Gasteiger partial charge in [-0.1, -0.05) is 29.8 Å². The van der Waals surface area contributed by atoms with Gasteiger partial charge in [0.15, 0.2) is 0 Å². The minimum atomic E-state index is -0.0528. The van der Waals surface area contributed by atoms with Crippen LogP contribution in [0.5, 0.6) is 0 Å². The second-order valence-corrected chi connectivity index (χ2v) is 5.26. The largest absolute Gasteiger partial charge is 0.396 e. The predicted molar refractivity (Wildman–Crippen MR) is 75.3 cm³/mol. The molecular formula is C14H19ClN2O2. The summed E-state index contributed by atoms with van der Waals surface area (Å²) < 4.78 is 0. The Labute approximate surface area is 118 Å². The normalized spacial score (nSPS) is 18.6. The third kappa shape index (κ3) is 3.85. The number of amides is 2. The van der Waals surface area contributed by atoms with Crippen molar-refractivity contribution < 1.29 is 9.90 Å². The molecule has 1 aromatic carbocycles. The van der Waals surface area contributed by atoms with Gasteiger partial charge in [0.2, 0.25) is 0 Å². The molecular weight excluding hydrogens is 264 g/mol. The smallest absolute Gasteiger partial charge is 0.317 e. The van der Waals surface area contributed by atoms with Crippen LogP contribution in [0.25, 0.3) is 0 Å². The highest BCUT2D eigenvalue weighted by Crippen LogP contribution is 2.16. The molecule has 1 saturated heterocycles. The van der Waals surface area contributed by atoms with E-state index in [0.29, 0.717) is 13.1 Å². The second kappa shape index (κ2) is 6.78. The maximum Gasteiger partial charge on any atom is 0.317 e. The maximum atomic E-state index is 11.9. The number of hydrogen-bond acceptors (Lipinski definition) is 2. The zero-order chi connectivity index (χ0) is 13.7. The number of urea groups is 1. The first kappa shape index (κ1) is 14.2. The molecule has 1 fully saturated rings. The van der Waals surface area contributed by atoms with E-state index < -0.39 is 0 Å². The summed E-state index contributed by atoms with van der Waals surface area (Å²) >= 11 is 6.05. The lowest BCUT2D eigenvalue weighted by atomic mass is 10.1. The van der Waals surface area contributed by atoms with E-state index in [1.807, 2.05) is 24.3 Å². The Hall–Kier alpha value is -1.26. The molecule has 0 bridgehead atoms. The highest BCUT2D eigenvalue weighted by Gasteiger charge is 2.25. The molecule has 2 rings (SSSR count). The van der Waals surface area contributed by atoms with Gasteiger partial charge < -0.3 is 15.3 Å². The van der Waals surface area contributed by atoms with Crippen LogP contribution in [0.3, 0.4) is 0 Å². The van der Waals surface area contributed by atoms with Gasteiger partial charge in [0.1, 0.15) is 0 Å². The van der Waals surface area contributed by atoms with Crippen LogP contribution in [-0.2, 0) is 6.42 Å². The summed E-state index contributed by atoms with van der Waals surface area (Å²) in [6, 6.07) is 7.60. The Morgan fingerprint density at radius 2 is 2.26 bits per heavy atom. The predicted octanol–water partition coefficient (Wildman–Crippen LogP) is 1.91. The van der Waals surface area contributed by atoms with Gasteiger partial charge >= 0.3 is 6.03 Å². The number of hydrogen-bond donors (Lipinski definition) is 2. The number of likely N-dealkylation sites (tertiary alicyclic amines) is 1. The summed E-state index contributed by atoms with van der Waals surface area (Å²) in [5.41, 5.74) is 1.04. The molecule has 1 heterocycles. The van der Waals surface area contributed by atoms with E-state index in [1.54, 1.807) is 4.90 Å². The van der Waals surface area contributed by atoms with Gasteiger partial charge in [0.25, 0.3) is 0 Å². The van der Waals surface area contributed by atoms with Crippen molar-refractivity contribution >= 4 is 17.6 Å². The molecule has 104 valence electrons. The molecule has 5 heteroatoms. The van der Waals surface area contributed by atoms with Crippen LogP contribution in [0, 0.1) is 5.92 Å². The molecule has 0 saturated carbocycles. The first-order valence-corrected chi connectivity index (χ1v) is 6.95. The lowest BCUT2D eigenvalue weighted by Gasteiger charge is -2.17.